The normalized spacial score (nSPS) is 29.7. The monoisotopic (exact) mass is 384 g/mol. The summed E-state index contributed by atoms with van der Waals surface area (Å²) in [5.41, 5.74) is 0.180. The summed E-state index contributed by atoms with van der Waals surface area (Å²) in [4.78, 5) is 21.9. The number of hydrogen-bond acceptors (Lipinski definition) is 8. The van der Waals surface area contributed by atoms with Gasteiger partial charge < -0.3 is 25.0 Å². The lowest BCUT2D eigenvalue weighted by Gasteiger charge is -2.13. The van der Waals surface area contributed by atoms with Crippen molar-refractivity contribution >= 4 is 33.3 Å². The third-order valence-electron chi connectivity index (χ3n) is 4.78. The Morgan fingerprint density at radius 3 is 2.80 bits per heavy atom. The number of thioether (sulfide) groups is 1. The van der Waals surface area contributed by atoms with Crippen molar-refractivity contribution in [3.63, 3.8) is 0 Å². The van der Waals surface area contributed by atoms with Crippen LogP contribution in [-0.2, 0) is 17.6 Å². The molecule has 1 aliphatic heterocycles. The molecule has 9 heteroatoms. The van der Waals surface area contributed by atoms with Gasteiger partial charge in [-0.2, -0.15) is 0 Å². The van der Waals surface area contributed by atoms with Gasteiger partial charge >= 0.3 is 0 Å². The second-order valence-corrected chi connectivity index (χ2v) is 8.61. The molecule has 4 atom stereocenters. The molecule has 0 amide bonds. The molecule has 3 heterocycles. The predicted molar refractivity (Wildman–Crippen MR) is 95.1 cm³/mol. The van der Waals surface area contributed by atoms with E-state index in [4.69, 9.17) is 9.84 Å². The summed E-state index contributed by atoms with van der Waals surface area (Å²) < 4.78 is 5.44. The minimum atomic E-state index is -1.16. The number of ether oxygens (including phenoxy) is 1. The molecule has 2 aliphatic rings. The van der Waals surface area contributed by atoms with E-state index in [-0.39, 0.29) is 12.2 Å². The van der Waals surface area contributed by atoms with Crippen LogP contribution in [0.2, 0.25) is 0 Å². The summed E-state index contributed by atoms with van der Waals surface area (Å²) in [6.07, 6.45) is 2.20. The Bertz CT molecular complexity index is 836. The van der Waals surface area contributed by atoms with E-state index in [1.54, 1.807) is 11.3 Å². The highest BCUT2D eigenvalue weighted by Gasteiger charge is 2.43. The average Bonchev–Trinajstić information content (AvgIpc) is 2.96. The van der Waals surface area contributed by atoms with Crippen LogP contribution in [0.4, 0.5) is 0 Å². The largest absolute Gasteiger partial charge is 0.394 e. The molecule has 0 saturated carbocycles. The summed E-state index contributed by atoms with van der Waals surface area (Å²) in [6, 6.07) is 0. The number of rotatable bonds is 3. The molecule has 2 aromatic rings. The van der Waals surface area contributed by atoms with Gasteiger partial charge in [0.05, 0.1) is 12.0 Å². The molecule has 2 aromatic heterocycles. The van der Waals surface area contributed by atoms with Crippen molar-refractivity contribution < 1.29 is 20.1 Å². The number of aromatic nitrogens is 2. The lowest BCUT2D eigenvalue weighted by molar-refractivity contribution is -0.00810. The van der Waals surface area contributed by atoms with Crippen LogP contribution in [0.15, 0.2) is 9.95 Å². The maximum atomic E-state index is 12.6. The van der Waals surface area contributed by atoms with Crippen molar-refractivity contribution in [3.05, 3.63) is 20.8 Å². The van der Waals surface area contributed by atoms with Crippen LogP contribution < -0.4 is 5.56 Å². The summed E-state index contributed by atoms with van der Waals surface area (Å²) in [5, 5.41) is 30.1. The number of fused-ring (bicyclic) bond motifs is 3. The van der Waals surface area contributed by atoms with Gasteiger partial charge in [0.2, 0.25) is 0 Å². The Kier molecular flexibility index (Phi) is 4.87. The highest BCUT2D eigenvalue weighted by molar-refractivity contribution is 7.99. The van der Waals surface area contributed by atoms with Gasteiger partial charge in [-0.25, -0.2) is 4.98 Å². The Morgan fingerprint density at radius 2 is 2.04 bits per heavy atom. The number of aryl methyl sites for hydroxylation is 2. The molecular weight excluding hydrogens is 364 g/mol. The molecule has 0 bridgehead atoms. The number of thiophene rings is 1. The van der Waals surface area contributed by atoms with Gasteiger partial charge in [-0.05, 0) is 31.2 Å². The second-order valence-electron chi connectivity index (χ2n) is 6.44. The van der Waals surface area contributed by atoms with Crippen LogP contribution in [0, 0.1) is 0 Å². The highest BCUT2D eigenvalue weighted by Crippen LogP contribution is 2.36. The zero-order valence-electron chi connectivity index (χ0n) is 13.5. The maximum absolute atomic E-state index is 12.6. The van der Waals surface area contributed by atoms with E-state index < -0.39 is 23.7 Å². The van der Waals surface area contributed by atoms with Crippen LogP contribution in [0.3, 0.4) is 0 Å². The van der Waals surface area contributed by atoms with Crippen molar-refractivity contribution in [2.75, 3.05) is 6.61 Å². The zero-order chi connectivity index (χ0) is 17.6. The van der Waals surface area contributed by atoms with E-state index in [2.05, 4.69) is 9.97 Å². The molecule has 1 aliphatic carbocycles. The SMILES string of the molecule is O=c1[nH]c(SC2OC(CO)C(O)C2O)nc2sc3c(c12)CCCCC3. The minimum absolute atomic E-state index is 0.168. The number of aromatic amines is 1. The lowest BCUT2D eigenvalue weighted by atomic mass is 10.1. The fourth-order valence-electron chi connectivity index (χ4n) is 3.45. The van der Waals surface area contributed by atoms with Gasteiger partial charge in [0.15, 0.2) is 5.16 Å². The first-order valence-electron chi connectivity index (χ1n) is 8.42. The number of aliphatic hydroxyl groups excluding tert-OH is 3. The molecule has 0 aromatic carbocycles. The van der Waals surface area contributed by atoms with E-state index in [9.17, 15) is 15.0 Å². The third-order valence-corrected chi connectivity index (χ3v) is 7.00. The molecule has 4 rings (SSSR count). The number of H-pyrrole nitrogens is 1. The van der Waals surface area contributed by atoms with E-state index in [1.165, 1.54) is 11.3 Å². The van der Waals surface area contributed by atoms with Gasteiger partial charge in [0.25, 0.3) is 5.56 Å². The molecule has 1 fully saturated rings. The Hall–Kier alpha value is -0.970. The third kappa shape index (κ3) is 3.13. The van der Waals surface area contributed by atoms with Crippen molar-refractivity contribution in [1.29, 1.82) is 0 Å². The Morgan fingerprint density at radius 1 is 1.24 bits per heavy atom. The van der Waals surface area contributed by atoms with Gasteiger partial charge in [-0.15, -0.1) is 11.3 Å². The van der Waals surface area contributed by atoms with Gasteiger partial charge in [-0.1, -0.05) is 18.2 Å². The Labute approximate surface area is 152 Å². The van der Waals surface area contributed by atoms with Crippen molar-refractivity contribution in [2.24, 2.45) is 0 Å². The van der Waals surface area contributed by atoms with E-state index in [0.717, 1.165) is 43.0 Å². The van der Waals surface area contributed by atoms with Crippen molar-refractivity contribution in [2.45, 2.75) is 61.0 Å². The number of nitrogens with one attached hydrogen (secondary N) is 1. The topological polar surface area (TPSA) is 116 Å². The average molecular weight is 384 g/mol. The summed E-state index contributed by atoms with van der Waals surface area (Å²) >= 11 is 2.63. The van der Waals surface area contributed by atoms with Crippen LogP contribution >= 0.6 is 23.1 Å². The van der Waals surface area contributed by atoms with Gasteiger partial charge in [0.1, 0.15) is 28.6 Å². The molecule has 4 unspecified atom stereocenters. The fourth-order valence-corrected chi connectivity index (χ4v) is 5.78. The van der Waals surface area contributed by atoms with E-state index in [0.29, 0.717) is 15.4 Å². The predicted octanol–water partition coefficient (Wildman–Crippen LogP) is 0.785. The molecule has 0 radical (unpaired) electrons. The molecule has 25 heavy (non-hydrogen) atoms. The summed E-state index contributed by atoms with van der Waals surface area (Å²) in [6.45, 7) is -0.379. The van der Waals surface area contributed by atoms with Crippen LogP contribution in [0.25, 0.3) is 10.2 Å². The fraction of sp³-hybridized carbons (Fsp3) is 0.625. The van der Waals surface area contributed by atoms with E-state index in [1.807, 2.05) is 0 Å². The smallest absolute Gasteiger partial charge is 0.260 e. The number of aliphatic hydroxyl groups is 3. The standard InChI is InChI=1S/C16H20N2O5S2/c19-6-8-11(20)12(21)15(23-8)25-16-17-13(22)10-7-4-2-1-3-5-9(7)24-14(10)18-16/h8,11-12,15,19-21H,1-6H2,(H,17,18,22). The van der Waals surface area contributed by atoms with Crippen LogP contribution in [-0.4, -0.2) is 55.6 Å². The minimum Gasteiger partial charge on any atom is -0.394 e. The van der Waals surface area contributed by atoms with Gasteiger partial charge in [0, 0.05) is 4.88 Å². The summed E-state index contributed by atoms with van der Waals surface area (Å²) in [7, 11) is 0. The first-order chi connectivity index (χ1) is 12.1. The molecular formula is C16H20N2O5S2. The summed E-state index contributed by atoms with van der Waals surface area (Å²) in [5.74, 6) is 0. The van der Waals surface area contributed by atoms with Crippen LogP contribution in [0.1, 0.15) is 29.7 Å². The van der Waals surface area contributed by atoms with Crippen molar-refractivity contribution in [3.8, 4) is 0 Å². The number of hydrogen-bond donors (Lipinski definition) is 4. The number of nitrogens with zero attached hydrogens (tertiary/aromatic N) is 1. The highest BCUT2D eigenvalue weighted by atomic mass is 32.2. The quantitative estimate of drug-likeness (QED) is 0.457. The molecule has 136 valence electrons. The first-order valence-corrected chi connectivity index (χ1v) is 10.1. The molecule has 4 N–H and O–H groups in total. The first kappa shape index (κ1) is 17.4. The zero-order valence-corrected chi connectivity index (χ0v) is 15.1. The Balaban J connectivity index is 1.65. The lowest BCUT2D eigenvalue weighted by Crippen LogP contribution is -2.33. The van der Waals surface area contributed by atoms with Crippen LogP contribution in [0.5, 0.6) is 0 Å². The second kappa shape index (κ2) is 6.98. The molecule has 1 saturated heterocycles. The molecule has 7 nitrogen and oxygen atoms in total. The maximum Gasteiger partial charge on any atom is 0.260 e. The molecule has 0 spiro atoms. The van der Waals surface area contributed by atoms with Crippen molar-refractivity contribution in [1.82, 2.24) is 9.97 Å². The van der Waals surface area contributed by atoms with Gasteiger partial charge in [-0.3, -0.25) is 4.79 Å². The van der Waals surface area contributed by atoms with E-state index >= 15 is 0 Å².